The fourth-order valence-electron chi connectivity index (χ4n) is 1.94. The summed E-state index contributed by atoms with van der Waals surface area (Å²) in [5, 5.41) is 4.90. The molecule has 8 nitrogen and oxygen atoms in total. The Morgan fingerprint density at radius 3 is 2.70 bits per heavy atom. The van der Waals surface area contributed by atoms with Crippen molar-refractivity contribution in [3.05, 3.63) is 17.2 Å². The van der Waals surface area contributed by atoms with E-state index in [1.165, 1.54) is 0 Å². The number of carbonyl (C=O) groups is 2. The Balaban J connectivity index is 1.96. The van der Waals surface area contributed by atoms with Crippen LogP contribution in [0.15, 0.2) is 6.20 Å². The second-order valence-electron chi connectivity index (χ2n) is 4.30. The molecule has 0 unspecified atom stereocenters. The zero-order valence-electron chi connectivity index (χ0n) is 10.5. The molecule has 0 bridgehead atoms. The highest BCUT2D eigenvalue weighted by molar-refractivity contribution is 6.33. The lowest BCUT2D eigenvalue weighted by molar-refractivity contribution is -0.159. The molecular weight excluding hydrogens is 286 g/mol. The van der Waals surface area contributed by atoms with Gasteiger partial charge in [0, 0.05) is 7.05 Å². The van der Waals surface area contributed by atoms with E-state index < -0.39 is 11.8 Å². The average molecular weight is 296 g/mol. The van der Waals surface area contributed by atoms with E-state index in [1.54, 1.807) is 17.9 Å². The summed E-state index contributed by atoms with van der Waals surface area (Å²) in [7, 11) is 1.72. The maximum absolute atomic E-state index is 11.6. The molecule has 1 saturated heterocycles. The number of carbonyl (C=O) groups excluding carboxylic acids is 2. The molecule has 1 aliphatic heterocycles. The number of aryl methyl sites for hydroxylation is 1. The molecule has 0 spiro atoms. The van der Waals surface area contributed by atoms with Gasteiger partial charge in [0.25, 0.3) is 11.8 Å². The van der Waals surface area contributed by atoms with Gasteiger partial charge in [0.15, 0.2) is 11.5 Å². The first-order valence-corrected chi connectivity index (χ1v) is 6.19. The van der Waals surface area contributed by atoms with Crippen molar-refractivity contribution in [2.45, 2.75) is 6.54 Å². The van der Waals surface area contributed by atoms with E-state index in [-0.39, 0.29) is 30.7 Å². The minimum Gasteiger partial charge on any atom is -0.362 e. The number of imide groups is 1. The van der Waals surface area contributed by atoms with Crippen LogP contribution in [0.4, 0.5) is 0 Å². The smallest absolute Gasteiger partial charge is 0.255 e. The molecule has 2 aromatic heterocycles. The predicted octanol–water partition coefficient (Wildman–Crippen LogP) is -0.0979. The van der Waals surface area contributed by atoms with Gasteiger partial charge in [-0.05, 0) is 0 Å². The molecule has 0 aromatic carbocycles. The Morgan fingerprint density at radius 1 is 1.30 bits per heavy atom. The number of fused-ring (bicyclic) bond motifs is 1. The number of nitrogens with zero attached hydrogens (tertiary/aromatic N) is 5. The first-order chi connectivity index (χ1) is 9.56. The zero-order chi connectivity index (χ0) is 14.3. The summed E-state index contributed by atoms with van der Waals surface area (Å²) in [6.07, 6.45) is 1.56. The Labute approximate surface area is 118 Å². The molecule has 0 saturated carbocycles. The van der Waals surface area contributed by atoms with Gasteiger partial charge in [-0.25, -0.2) is 9.97 Å². The Bertz CT molecular complexity index is 697. The van der Waals surface area contributed by atoms with Gasteiger partial charge in [-0.1, -0.05) is 11.6 Å². The molecule has 2 aromatic rings. The molecule has 3 heterocycles. The van der Waals surface area contributed by atoms with E-state index in [9.17, 15) is 9.59 Å². The number of hydrogen-bond acceptors (Lipinski definition) is 6. The van der Waals surface area contributed by atoms with Gasteiger partial charge in [0.05, 0.1) is 18.1 Å². The SMILES string of the molecule is Cn1ncc2c(Cl)nc(CN3C(=O)COCC3=O)nc21. The summed E-state index contributed by atoms with van der Waals surface area (Å²) in [6.45, 7) is -0.261. The second kappa shape index (κ2) is 4.80. The van der Waals surface area contributed by atoms with Crippen LogP contribution in [0.1, 0.15) is 5.82 Å². The minimum absolute atomic E-state index is 0.0259. The summed E-state index contributed by atoms with van der Waals surface area (Å²) in [4.78, 5) is 32.7. The molecule has 104 valence electrons. The second-order valence-corrected chi connectivity index (χ2v) is 4.66. The van der Waals surface area contributed by atoms with Crippen LogP contribution in [0.5, 0.6) is 0 Å². The fourth-order valence-corrected chi connectivity index (χ4v) is 2.17. The third kappa shape index (κ3) is 2.12. The van der Waals surface area contributed by atoms with Crippen LogP contribution in [0.2, 0.25) is 5.15 Å². The van der Waals surface area contributed by atoms with Gasteiger partial charge in [-0.2, -0.15) is 5.10 Å². The van der Waals surface area contributed by atoms with Gasteiger partial charge in [-0.3, -0.25) is 19.2 Å². The van der Waals surface area contributed by atoms with E-state index in [4.69, 9.17) is 16.3 Å². The van der Waals surface area contributed by atoms with Crippen LogP contribution < -0.4 is 0 Å². The number of rotatable bonds is 2. The third-order valence-electron chi connectivity index (χ3n) is 2.94. The number of ether oxygens (including phenoxy) is 1. The van der Waals surface area contributed by atoms with Crippen molar-refractivity contribution in [2.75, 3.05) is 13.2 Å². The third-order valence-corrected chi connectivity index (χ3v) is 3.23. The molecule has 0 radical (unpaired) electrons. The number of amides is 2. The number of halogens is 1. The van der Waals surface area contributed by atoms with Crippen molar-refractivity contribution in [1.82, 2.24) is 24.6 Å². The summed E-state index contributed by atoms with van der Waals surface area (Å²) >= 11 is 6.05. The van der Waals surface area contributed by atoms with Crippen molar-refractivity contribution in [2.24, 2.45) is 7.05 Å². The monoisotopic (exact) mass is 295 g/mol. The van der Waals surface area contributed by atoms with Gasteiger partial charge < -0.3 is 4.74 Å². The van der Waals surface area contributed by atoms with E-state index in [0.717, 1.165) is 4.90 Å². The van der Waals surface area contributed by atoms with Crippen LogP contribution in [0.25, 0.3) is 11.0 Å². The quantitative estimate of drug-likeness (QED) is 0.568. The normalized spacial score (nSPS) is 16.2. The predicted molar refractivity (Wildman–Crippen MR) is 67.7 cm³/mol. The number of morpholine rings is 1. The molecule has 9 heteroatoms. The molecule has 0 atom stereocenters. The van der Waals surface area contributed by atoms with Crippen LogP contribution in [0, 0.1) is 0 Å². The van der Waals surface area contributed by atoms with Crippen LogP contribution in [-0.4, -0.2) is 49.7 Å². The standard InChI is InChI=1S/C11H10ClN5O3/c1-16-11-6(2-13-16)10(12)14-7(15-11)3-17-8(18)4-20-5-9(17)19/h2H,3-5H2,1H3. The van der Waals surface area contributed by atoms with Crippen molar-refractivity contribution in [3.63, 3.8) is 0 Å². The summed E-state index contributed by atoms with van der Waals surface area (Å²) in [6, 6.07) is 0. The molecule has 0 N–H and O–H groups in total. The highest BCUT2D eigenvalue weighted by Crippen LogP contribution is 2.20. The largest absolute Gasteiger partial charge is 0.362 e. The topological polar surface area (TPSA) is 90.2 Å². The van der Waals surface area contributed by atoms with E-state index in [0.29, 0.717) is 11.0 Å². The van der Waals surface area contributed by atoms with Crippen molar-refractivity contribution < 1.29 is 14.3 Å². The maximum Gasteiger partial charge on any atom is 0.255 e. The van der Waals surface area contributed by atoms with Crippen LogP contribution >= 0.6 is 11.6 Å². The Morgan fingerprint density at radius 2 is 2.00 bits per heavy atom. The molecule has 1 fully saturated rings. The van der Waals surface area contributed by atoms with Crippen LogP contribution in [-0.2, 0) is 27.9 Å². The van der Waals surface area contributed by atoms with E-state index >= 15 is 0 Å². The fraction of sp³-hybridized carbons (Fsp3) is 0.364. The molecule has 20 heavy (non-hydrogen) atoms. The zero-order valence-corrected chi connectivity index (χ0v) is 11.3. The van der Waals surface area contributed by atoms with Gasteiger partial charge in [0.2, 0.25) is 0 Å². The molecule has 0 aliphatic carbocycles. The summed E-state index contributed by atoms with van der Waals surface area (Å²) < 4.78 is 6.39. The first-order valence-electron chi connectivity index (χ1n) is 5.81. The lowest BCUT2D eigenvalue weighted by Crippen LogP contribution is -2.45. The van der Waals surface area contributed by atoms with Crippen molar-refractivity contribution in [3.8, 4) is 0 Å². The molecular formula is C11H10ClN5O3. The summed E-state index contributed by atoms with van der Waals surface area (Å²) in [5.41, 5.74) is 0.549. The number of aromatic nitrogens is 4. The summed E-state index contributed by atoms with van der Waals surface area (Å²) in [5.74, 6) is -0.535. The average Bonchev–Trinajstić information content (AvgIpc) is 2.77. The first kappa shape index (κ1) is 12.9. The highest BCUT2D eigenvalue weighted by Gasteiger charge is 2.27. The van der Waals surface area contributed by atoms with Crippen molar-refractivity contribution in [1.29, 1.82) is 0 Å². The Hall–Kier alpha value is -2.06. The van der Waals surface area contributed by atoms with Gasteiger partial charge in [-0.15, -0.1) is 0 Å². The highest BCUT2D eigenvalue weighted by atomic mass is 35.5. The van der Waals surface area contributed by atoms with E-state index in [2.05, 4.69) is 15.1 Å². The Kier molecular flexibility index (Phi) is 3.11. The van der Waals surface area contributed by atoms with Crippen LogP contribution in [0.3, 0.4) is 0 Å². The molecule has 3 rings (SSSR count). The van der Waals surface area contributed by atoms with Gasteiger partial charge in [0.1, 0.15) is 18.4 Å². The maximum atomic E-state index is 11.6. The minimum atomic E-state index is -0.411. The molecule has 2 amide bonds. The lowest BCUT2D eigenvalue weighted by Gasteiger charge is -2.24. The van der Waals surface area contributed by atoms with E-state index in [1.807, 2.05) is 0 Å². The number of hydrogen-bond donors (Lipinski definition) is 0. The van der Waals surface area contributed by atoms with Gasteiger partial charge >= 0.3 is 0 Å². The lowest BCUT2D eigenvalue weighted by atomic mass is 10.3. The van der Waals surface area contributed by atoms with Crippen molar-refractivity contribution >= 4 is 34.4 Å². The molecule has 1 aliphatic rings.